The maximum absolute atomic E-state index is 13.3. The quantitative estimate of drug-likeness (QED) is 0.0754. The summed E-state index contributed by atoms with van der Waals surface area (Å²) in [4.78, 5) is 13.3. The van der Waals surface area contributed by atoms with Gasteiger partial charge in [0.2, 0.25) is 11.6 Å². The molecule has 0 radical (unpaired) electrons. The molecule has 0 spiro atoms. The van der Waals surface area contributed by atoms with Crippen molar-refractivity contribution in [2.24, 2.45) is 26.4 Å². The highest BCUT2D eigenvalue weighted by atomic mass is 35.5. The average Bonchev–Trinajstić information content (AvgIpc) is 3.41. The lowest BCUT2D eigenvalue weighted by molar-refractivity contribution is 0.0989. The Kier molecular flexibility index (Phi) is 14.9. The molecule has 0 saturated carbocycles. The Morgan fingerprint density at radius 1 is 0.787 bits per heavy atom. The molecule has 4 rings (SSSR count). The van der Waals surface area contributed by atoms with E-state index in [2.05, 4.69) is 46.3 Å². The summed E-state index contributed by atoms with van der Waals surface area (Å²) in [6.07, 6.45) is 9.96. The molecule has 1 N–H and O–H groups in total. The van der Waals surface area contributed by atoms with Crippen LogP contribution in [-0.4, -0.2) is 29.6 Å². The third kappa shape index (κ3) is 11.3. The minimum absolute atomic E-state index is 0.0980. The number of hydrogen-bond acceptors (Lipinski definition) is 7. The lowest BCUT2D eigenvalue weighted by Crippen LogP contribution is -2.13. The van der Waals surface area contributed by atoms with E-state index >= 15 is 0 Å². The van der Waals surface area contributed by atoms with Crippen molar-refractivity contribution in [3.8, 4) is 11.6 Å². The Hall–Kier alpha value is -4.08. The fraction of sp³-hybridized carbons (Fsp3) is 0.432. The maximum atomic E-state index is 13.3. The van der Waals surface area contributed by atoms with E-state index in [1.54, 1.807) is 18.2 Å². The molecule has 4 aromatic rings. The van der Waals surface area contributed by atoms with E-state index in [9.17, 15) is 4.79 Å². The Morgan fingerprint density at radius 2 is 1.49 bits per heavy atom. The van der Waals surface area contributed by atoms with Crippen molar-refractivity contribution in [2.45, 2.75) is 78.6 Å². The van der Waals surface area contributed by atoms with Crippen LogP contribution >= 0.6 is 11.6 Å². The van der Waals surface area contributed by atoms with Crippen LogP contribution in [0.25, 0.3) is 5.69 Å². The molecule has 1 aromatic heterocycles. The summed E-state index contributed by atoms with van der Waals surface area (Å²) >= 11 is 6.53. The first-order valence-electron chi connectivity index (χ1n) is 16.8. The van der Waals surface area contributed by atoms with E-state index in [1.807, 2.05) is 54.6 Å². The van der Waals surface area contributed by atoms with Gasteiger partial charge in [0.15, 0.2) is 0 Å². The average molecular weight is 659 g/mol. The Balaban J connectivity index is 1.39. The second-order valence-electron chi connectivity index (χ2n) is 11.6. The highest BCUT2D eigenvalue weighted by Crippen LogP contribution is 2.32. The van der Waals surface area contributed by atoms with Gasteiger partial charge < -0.3 is 9.47 Å². The molecule has 250 valence electrons. The number of nitrogens with zero attached hydrogens (tertiary/aromatic N) is 5. The van der Waals surface area contributed by atoms with Gasteiger partial charge in [0.05, 0.1) is 35.3 Å². The summed E-state index contributed by atoms with van der Waals surface area (Å²) < 4.78 is 13.3. The van der Waals surface area contributed by atoms with Gasteiger partial charge in [-0.15, -0.1) is 10.2 Å². The van der Waals surface area contributed by atoms with Gasteiger partial charge in [0, 0.05) is 6.61 Å². The van der Waals surface area contributed by atoms with Crippen molar-refractivity contribution in [2.75, 3.05) is 19.8 Å². The summed E-state index contributed by atoms with van der Waals surface area (Å²) in [7, 11) is 0. The number of azo groups is 2. The molecule has 47 heavy (non-hydrogen) atoms. The molecule has 3 aromatic carbocycles. The number of halogens is 1. The fourth-order valence-corrected chi connectivity index (χ4v) is 5.18. The largest absolute Gasteiger partial charge is 0.476 e. The first kappa shape index (κ1) is 35.8. The minimum Gasteiger partial charge on any atom is -0.476 e. The van der Waals surface area contributed by atoms with Crippen molar-refractivity contribution in [1.82, 2.24) is 9.78 Å². The second kappa shape index (κ2) is 19.6. The lowest BCUT2D eigenvalue weighted by atomic mass is 10.1. The molecular formula is C37H47ClN6O3. The summed E-state index contributed by atoms with van der Waals surface area (Å²) in [6, 6.07) is 22.3. The van der Waals surface area contributed by atoms with Gasteiger partial charge in [0.25, 0.3) is 0 Å². The third-order valence-electron chi connectivity index (χ3n) is 8.04. The standard InChI is InChI=1S/C37H47ClN6O3/c1-4-7-8-9-10-14-24-47-36-35(37(45)44(43-36)32-15-12-11-13-16-32)42-40-31-21-22-34(33(38)26-31)41-39-30-19-17-29(18-20-30)23-25-46-27-28(5-2)6-3/h11-13,15-22,26,28,43H,4-10,14,23-25,27H2,1-3H3. The number of aromatic nitrogens is 2. The predicted molar refractivity (Wildman–Crippen MR) is 190 cm³/mol. The zero-order valence-electron chi connectivity index (χ0n) is 27.8. The number of aromatic amines is 1. The molecule has 0 aliphatic carbocycles. The molecule has 9 nitrogen and oxygen atoms in total. The van der Waals surface area contributed by atoms with Crippen LogP contribution in [0.4, 0.5) is 22.7 Å². The van der Waals surface area contributed by atoms with Crippen molar-refractivity contribution in [3.63, 3.8) is 0 Å². The van der Waals surface area contributed by atoms with Gasteiger partial charge in [-0.3, -0.25) is 9.89 Å². The number of H-pyrrole nitrogens is 1. The van der Waals surface area contributed by atoms with Gasteiger partial charge in [0.1, 0.15) is 5.69 Å². The summed E-state index contributed by atoms with van der Waals surface area (Å²) in [5.41, 5.74) is 3.31. The van der Waals surface area contributed by atoms with Crippen LogP contribution in [0.2, 0.25) is 5.02 Å². The molecular weight excluding hydrogens is 612 g/mol. The predicted octanol–water partition coefficient (Wildman–Crippen LogP) is 11.4. The zero-order valence-corrected chi connectivity index (χ0v) is 28.6. The van der Waals surface area contributed by atoms with Crippen LogP contribution < -0.4 is 10.3 Å². The Morgan fingerprint density at radius 3 is 2.21 bits per heavy atom. The molecule has 1 heterocycles. The highest BCUT2D eigenvalue weighted by Gasteiger charge is 2.17. The first-order valence-corrected chi connectivity index (χ1v) is 17.2. The molecule has 10 heteroatoms. The van der Waals surface area contributed by atoms with Crippen LogP contribution in [0.15, 0.2) is 98.0 Å². The number of nitrogens with one attached hydrogen (secondary N) is 1. The number of unbranched alkanes of at least 4 members (excludes halogenated alkanes) is 5. The molecule has 0 bridgehead atoms. The van der Waals surface area contributed by atoms with E-state index in [4.69, 9.17) is 21.1 Å². The van der Waals surface area contributed by atoms with Crippen LogP contribution in [0.5, 0.6) is 5.88 Å². The van der Waals surface area contributed by atoms with E-state index in [0.717, 1.165) is 44.4 Å². The normalized spacial score (nSPS) is 11.8. The lowest BCUT2D eigenvalue weighted by Gasteiger charge is -2.12. The smallest absolute Gasteiger partial charge is 0.303 e. The minimum atomic E-state index is -0.352. The SMILES string of the molecule is CCCCCCCCOc1[nH]n(-c2ccccc2)c(=O)c1N=Nc1ccc(N=Nc2ccc(CCOCC(CC)CC)cc2)c(Cl)c1. The van der Waals surface area contributed by atoms with Crippen LogP contribution in [0.1, 0.15) is 77.7 Å². The molecule has 0 aliphatic rings. The summed E-state index contributed by atoms with van der Waals surface area (Å²) in [5.74, 6) is 0.915. The van der Waals surface area contributed by atoms with Crippen molar-refractivity contribution >= 4 is 34.4 Å². The molecule has 0 saturated heterocycles. The summed E-state index contributed by atoms with van der Waals surface area (Å²) in [5, 5.41) is 20.7. The third-order valence-corrected chi connectivity index (χ3v) is 8.35. The van der Waals surface area contributed by atoms with Gasteiger partial charge in [-0.1, -0.05) is 108 Å². The molecule has 0 unspecified atom stereocenters. The number of para-hydroxylation sites is 1. The Bertz CT molecular complexity index is 1610. The number of rotatable bonds is 20. The molecule has 0 aliphatic heterocycles. The Labute approximate surface area is 283 Å². The molecule has 0 amide bonds. The van der Waals surface area contributed by atoms with Crippen molar-refractivity contribution in [1.29, 1.82) is 0 Å². The fourth-order valence-electron chi connectivity index (χ4n) is 4.96. The van der Waals surface area contributed by atoms with Crippen molar-refractivity contribution < 1.29 is 9.47 Å². The molecule has 0 atom stereocenters. The molecule has 0 fully saturated rings. The first-order chi connectivity index (χ1) is 23.0. The van der Waals surface area contributed by atoms with E-state index in [1.165, 1.54) is 35.9 Å². The zero-order chi connectivity index (χ0) is 33.3. The van der Waals surface area contributed by atoms with Crippen LogP contribution in [0, 0.1) is 5.92 Å². The number of hydrogen-bond donors (Lipinski definition) is 1. The van der Waals surface area contributed by atoms with Gasteiger partial charge in [-0.25, -0.2) is 4.68 Å². The monoisotopic (exact) mass is 658 g/mol. The number of ether oxygens (including phenoxy) is 2. The van der Waals surface area contributed by atoms with E-state index < -0.39 is 0 Å². The van der Waals surface area contributed by atoms with E-state index in [0.29, 0.717) is 41.2 Å². The van der Waals surface area contributed by atoms with Gasteiger partial charge in [-0.05, 0) is 66.8 Å². The van der Waals surface area contributed by atoms with Gasteiger partial charge >= 0.3 is 5.56 Å². The maximum Gasteiger partial charge on any atom is 0.303 e. The van der Waals surface area contributed by atoms with Crippen molar-refractivity contribution in [3.05, 3.63) is 93.7 Å². The van der Waals surface area contributed by atoms with E-state index in [-0.39, 0.29) is 17.1 Å². The highest BCUT2D eigenvalue weighted by molar-refractivity contribution is 6.33. The van der Waals surface area contributed by atoms with Crippen LogP contribution in [0.3, 0.4) is 0 Å². The summed E-state index contributed by atoms with van der Waals surface area (Å²) in [6.45, 7) is 8.61. The van der Waals surface area contributed by atoms with Gasteiger partial charge in [-0.2, -0.15) is 10.2 Å². The second-order valence-corrected chi connectivity index (χ2v) is 12.0. The van der Waals surface area contributed by atoms with Crippen LogP contribution in [-0.2, 0) is 11.2 Å². The topological polar surface area (TPSA) is 106 Å². The number of benzene rings is 3.